The summed E-state index contributed by atoms with van der Waals surface area (Å²) in [5.74, 6) is -0.800. The Morgan fingerprint density at radius 2 is 1.57 bits per heavy atom. The van der Waals surface area contributed by atoms with Gasteiger partial charge in [0.05, 0.1) is 18.1 Å². The molecule has 0 fully saturated rings. The van der Waals surface area contributed by atoms with Crippen molar-refractivity contribution in [2.45, 2.75) is 32.9 Å². The Labute approximate surface area is 131 Å². The fourth-order valence-corrected chi connectivity index (χ4v) is 2.18. The first kappa shape index (κ1) is 19.6. The van der Waals surface area contributed by atoms with Gasteiger partial charge in [-0.1, -0.05) is 13.8 Å². The van der Waals surface area contributed by atoms with Gasteiger partial charge in [0, 0.05) is 19.3 Å². The molecule has 0 bridgehead atoms. The van der Waals surface area contributed by atoms with Gasteiger partial charge < -0.3 is 14.4 Å². The van der Waals surface area contributed by atoms with Crippen molar-refractivity contribution in [2.75, 3.05) is 27.3 Å². The zero-order valence-electron chi connectivity index (χ0n) is 13.6. The molecular weight excluding hydrogens is 290 g/mol. The second-order valence-electron chi connectivity index (χ2n) is 4.58. The lowest BCUT2D eigenvalue weighted by molar-refractivity contribution is -0.140. The SMILES string of the molecule is CCOC(=O)C(=CC=C(C(=O)OCC)N(C)C)SC(C)C. The molecule has 0 rings (SSSR count). The average Bonchev–Trinajstić information content (AvgIpc) is 2.37. The van der Waals surface area contributed by atoms with E-state index in [1.807, 2.05) is 13.8 Å². The number of hydrogen-bond acceptors (Lipinski definition) is 6. The predicted octanol–water partition coefficient (Wildman–Crippen LogP) is 2.58. The summed E-state index contributed by atoms with van der Waals surface area (Å²) in [5, 5.41) is 0.236. The van der Waals surface area contributed by atoms with Gasteiger partial charge in [-0.05, 0) is 26.0 Å². The highest BCUT2D eigenvalue weighted by Gasteiger charge is 2.15. The van der Waals surface area contributed by atoms with Crippen LogP contribution in [0.2, 0.25) is 0 Å². The topological polar surface area (TPSA) is 55.8 Å². The molecule has 6 heteroatoms. The molecule has 0 heterocycles. The van der Waals surface area contributed by atoms with Crippen LogP contribution < -0.4 is 0 Å². The normalized spacial score (nSPS) is 12.3. The monoisotopic (exact) mass is 315 g/mol. The molecule has 0 aromatic heterocycles. The Kier molecular flexibility index (Phi) is 9.62. The molecule has 0 aliphatic carbocycles. The maximum Gasteiger partial charge on any atom is 0.354 e. The first-order valence-corrected chi connectivity index (χ1v) is 7.81. The van der Waals surface area contributed by atoms with E-state index in [1.54, 1.807) is 45.0 Å². The molecule has 0 saturated carbocycles. The minimum Gasteiger partial charge on any atom is -0.462 e. The van der Waals surface area contributed by atoms with E-state index in [0.717, 1.165) is 0 Å². The number of nitrogens with zero attached hydrogens (tertiary/aromatic N) is 1. The van der Waals surface area contributed by atoms with E-state index in [0.29, 0.717) is 23.8 Å². The second-order valence-corrected chi connectivity index (χ2v) is 6.20. The molecule has 0 radical (unpaired) electrons. The van der Waals surface area contributed by atoms with Gasteiger partial charge >= 0.3 is 11.9 Å². The molecule has 0 unspecified atom stereocenters. The van der Waals surface area contributed by atoms with E-state index in [2.05, 4.69) is 0 Å². The zero-order valence-corrected chi connectivity index (χ0v) is 14.5. The number of hydrogen-bond donors (Lipinski definition) is 0. The standard InChI is InChI=1S/C15H25NO4S/c1-7-19-14(17)12(16(5)6)9-10-13(21-11(3)4)15(18)20-8-2/h9-11H,7-8H2,1-6H3. The first-order valence-electron chi connectivity index (χ1n) is 6.93. The van der Waals surface area contributed by atoms with Crippen molar-refractivity contribution in [3.8, 4) is 0 Å². The molecule has 0 aromatic rings. The van der Waals surface area contributed by atoms with E-state index < -0.39 is 5.97 Å². The van der Waals surface area contributed by atoms with E-state index >= 15 is 0 Å². The van der Waals surface area contributed by atoms with Crippen molar-refractivity contribution in [1.29, 1.82) is 0 Å². The molecule has 5 nitrogen and oxygen atoms in total. The van der Waals surface area contributed by atoms with E-state index in [1.165, 1.54) is 11.8 Å². The average molecular weight is 315 g/mol. The Balaban J connectivity index is 5.33. The van der Waals surface area contributed by atoms with Crippen LogP contribution in [0.3, 0.4) is 0 Å². The third-order valence-corrected chi connectivity index (χ3v) is 3.23. The number of esters is 2. The van der Waals surface area contributed by atoms with Crippen molar-refractivity contribution in [3.63, 3.8) is 0 Å². The molecule has 0 aliphatic rings. The summed E-state index contributed by atoms with van der Waals surface area (Å²) in [5.41, 5.74) is 0.378. The maximum absolute atomic E-state index is 11.9. The van der Waals surface area contributed by atoms with Crippen LogP contribution in [0.25, 0.3) is 0 Å². The van der Waals surface area contributed by atoms with Gasteiger partial charge in [0.15, 0.2) is 0 Å². The number of likely N-dealkylation sites (N-methyl/N-ethyl adjacent to an activating group) is 1. The second kappa shape index (κ2) is 10.3. The van der Waals surface area contributed by atoms with Crippen LogP contribution in [0.1, 0.15) is 27.7 Å². The third-order valence-electron chi connectivity index (χ3n) is 2.20. The lowest BCUT2D eigenvalue weighted by atomic mass is 10.3. The number of allylic oxidation sites excluding steroid dienone is 2. The fourth-order valence-electron chi connectivity index (χ4n) is 1.37. The summed E-state index contributed by atoms with van der Waals surface area (Å²) < 4.78 is 10.0. The summed E-state index contributed by atoms with van der Waals surface area (Å²) in [6.07, 6.45) is 3.19. The Morgan fingerprint density at radius 1 is 1.05 bits per heavy atom. The lowest BCUT2D eigenvalue weighted by Gasteiger charge is -2.15. The Hall–Kier alpha value is -1.43. The number of thioether (sulfide) groups is 1. The fraction of sp³-hybridized carbons (Fsp3) is 0.600. The number of rotatable bonds is 8. The molecule has 0 spiro atoms. The van der Waals surface area contributed by atoms with Gasteiger partial charge in [-0.2, -0.15) is 0 Å². The lowest BCUT2D eigenvalue weighted by Crippen LogP contribution is -2.21. The Bertz CT molecular complexity index is 414. The van der Waals surface area contributed by atoms with Crippen molar-refractivity contribution in [1.82, 2.24) is 4.90 Å². The van der Waals surface area contributed by atoms with E-state index in [-0.39, 0.29) is 11.2 Å². The largest absolute Gasteiger partial charge is 0.462 e. The summed E-state index contributed by atoms with van der Waals surface area (Å²) in [7, 11) is 3.49. The quantitative estimate of drug-likeness (QED) is 0.390. The number of carbonyl (C=O) groups is 2. The molecule has 21 heavy (non-hydrogen) atoms. The Morgan fingerprint density at radius 3 is 2.00 bits per heavy atom. The van der Waals surface area contributed by atoms with Crippen molar-refractivity contribution < 1.29 is 19.1 Å². The van der Waals surface area contributed by atoms with Gasteiger partial charge in [-0.3, -0.25) is 0 Å². The first-order chi connectivity index (χ1) is 9.83. The van der Waals surface area contributed by atoms with Crippen molar-refractivity contribution in [2.24, 2.45) is 0 Å². The van der Waals surface area contributed by atoms with Crippen LogP contribution in [0.15, 0.2) is 22.8 Å². The van der Waals surface area contributed by atoms with Crippen LogP contribution in [-0.4, -0.2) is 49.4 Å². The van der Waals surface area contributed by atoms with Gasteiger partial charge in [0.1, 0.15) is 5.70 Å². The predicted molar refractivity (Wildman–Crippen MR) is 85.8 cm³/mol. The van der Waals surface area contributed by atoms with Gasteiger partial charge in [-0.25, -0.2) is 9.59 Å². The summed E-state index contributed by atoms with van der Waals surface area (Å²) in [4.78, 5) is 25.8. The van der Waals surface area contributed by atoms with Crippen LogP contribution in [0.4, 0.5) is 0 Å². The summed E-state index contributed by atoms with van der Waals surface area (Å²) in [6, 6.07) is 0. The van der Waals surface area contributed by atoms with E-state index in [9.17, 15) is 9.59 Å². The third kappa shape index (κ3) is 7.80. The highest BCUT2D eigenvalue weighted by molar-refractivity contribution is 8.04. The number of carbonyl (C=O) groups excluding carboxylic acids is 2. The van der Waals surface area contributed by atoms with E-state index in [4.69, 9.17) is 9.47 Å². The highest BCUT2D eigenvalue weighted by atomic mass is 32.2. The van der Waals surface area contributed by atoms with Crippen molar-refractivity contribution >= 4 is 23.7 Å². The van der Waals surface area contributed by atoms with Gasteiger partial charge in [0.2, 0.25) is 0 Å². The van der Waals surface area contributed by atoms with Crippen molar-refractivity contribution in [3.05, 3.63) is 22.8 Å². The molecular formula is C15H25NO4S. The van der Waals surface area contributed by atoms with Crippen LogP contribution in [-0.2, 0) is 19.1 Å². The number of ether oxygens (including phenoxy) is 2. The van der Waals surface area contributed by atoms with Crippen LogP contribution >= 0.6 is 11.8 Å². The molecule has 0 atom stereocenters. The molecule has 0 amide bonds. The molecule has 0 aromatic carbocycles. The molecule has 0 aliphatic heterocycles. The molecule has 120 valence electrons. The minimum atomic E-state index is -0.420. The van der Waals surface area contributed by atoms with Crippen LogP contribution in [0, 0.1) is 0 Å². The van der Waals surface area contributed by atoms with Gasteiger partial charge in [-0.15, -0.1) is 11.8 Å². The smallest absolute Gasteiger partial charge is 0.354 e. The summed E-state index contributed by atoms with van der Waals surface area (Å²) in [6.45, 7) is 8.10. The van der Waals surface area contributed by atoms with Crippen LogP contribution in [0.5, 0.6) is 0 Å². The molecule has 0 saturated heterocycles. The zero-order chi connectivity index (χ0) is 16.4. The maximum atomic E-state index is 11.9. The summed E-state index contributed by atoms with van der Waals surface area (Å²) >= 11 is 1.40. The van der Waals surface area contributed by atoms with Gasteiger partial charge in [0.25, 0.3) is 0 Å². The molecule has 0 N–H and O–H groups in total. The highest BCUT2D eigenvalue weighted by Crippen LogP contribution is 2.23. The minimum absolute atomic E-state index is 0.236.